The molecule has 0 aromatic rings. The van der Waals surface area contributed by atoms with Gasteiger partial charge in [0.2, 0.25) is 6.35 Å². The van der Waals surface area contributed by atoms with E-state index < -0.39 is 25.7 Å². The van der Waals surface area contributed by atoms with Crippen LogP contribution in [0.3, 0.4) is 0 Å². The second-order valence-corrected chi connectivity index (χ2v) is 3.68. The van der Waals surface area contributed by atoms with E-state index in [2.05, 4.69) is 0 Å². The average Bonchev–Trinajstić information content (AvgIpc) is 2.04. The molecule has 0 bridgehead atoms. The summed E-state index contributed by atoms with van der Waals surface area (Å²) in [5, 5.41) is 16.6. The van der Waals surface area contributed by atoms with E-state index in [1.807, 2.05) is 0 Å². The summed E-state index contributed by atoms with van der Waals surface area (Å²) in [4.78, 5) is 20.1. The lowest BCUT2D eigenvalue weighted by atomic mass is 10.2. The first kappa shape index (κ1) is 11.0. The van der Waals surface area contributed by atoms with Gasteiger partial charge in [-0.15, -0.1) is 0 Å². The molecule has 0 fully saturated rings. The summed E-state index contributed by atoms with van der Waals surface area (Å²) in [6, 6.07) is 0. The Hall–Kier alpha value is -1.02. The number of carbonyl (C=O) groups is 1. The van der Waals surface area contributed by atoms with E-state index in [9.17, 15) is 14.2 Å². The van der Waals surface area contributed by atoms with Gasteiger partial charge in [0, 0.05) is 6.42 Å². The molecule has 0 aliphatic carbocycles. The third-order valence-electron chi connectivity index (χ3n) is 1.15. The zero-order chi connectivity index (χ0) is 9.56. The second-order valence-electron chi connectivity index (χ2n) is 1.98. The van der Waals surface area contributed by atoms with Gasteiger partial charge in [-0.1, -0.05) is 4.57 Å². The fourth-order valence-electron chi connectivity index (χ4n) is 0.509. The number of carboxylic acids is 1. The van der Waals surface area contributed by atoms with E-state index in [0.29, 0.717) is 0 Å². The lowest BCUT2D eigenvalue weighted by Gasteiger charge is -1.88. The highest BCUT2D eigenvalue weighted by Crippen LogP contribution is 2.20. The molecule has 0 saturated carbocycles. The summed E-state index contributed by atoms with van der Waals surface area (Å²) in [6.45, 7) is 0. The first-order chi connectivity index (χ1) is 5.61. The Morgan fingerprint density at radius 3 is 2.42 bits per heavy atom. The summed E-state index contributed by atoms with van der Waals surface area (Å²) < 4.78 is 10.6. The van der Waals surface area contributed by atoms with Crippen LogP contribution in [0.25, 0.3) is 0 Å². The van der Waals surface area contributed by atoms with Gasteiger partial charge in [-0.3, -0.25) is 0 Å². The average molecular weight is 191 g/mol. The molecule has 6 heteroatoms. The number of rotatable bonds is 5. The predicted molar refractivity (Wildman–Crippen MR) is 41.0 cm³/mol. The van der Waals surface area contributed by atoms with Crippen LogP contribution in [0, 0.1) is 0 Å². The normalized spacial score (nSPS) is 10.2. The van der Waals surface area contributed by atoms with Crippen LogP contribution in [-0.4, -0.2) is 34.6 Å². The Morgan fingerprint density at radius 1 is 1.50 bits per heavy atom. The van der Waals surface area contributed by atoms with Crippen LogP contribution in [0.2, 0.25) is 0 Å². The van der Waals surface area contributed by atoms with Gasteiger partial charge in [0.25, 0.3) is 0 Å². The van der Waals surface area contributed by atoms with E-state index in [0.717, 1.165) is 0 Å². The van der Waals surface area contributed by atoms with Gasteiger partial charge in [-0.25, -0.2) is 9.59 Å². The van der Waals surface area contributed by atoms with Crippen LogP contribution in [0.4, 0.5) is 0 Å². The van der Waals surface area contributed by atoms with Crippen LogP contribution < -0.4 is 0 Å². The summed E-state index contributed by atoms with van der Waals surface area (Å²) in [5.74, 6) is -0.117. The Morgan fingerprint density at radius 2 is 2.08 bits per heavy atom. The van der Waals surface area contributed by atoms with E-state index >= 15 is 0 Å². The number of aliphatic hydroxyl groups is 1. The van der Waals surface area contributed by atoms with Crippen molar-refractivity contribution in [1.82, 2.24) is 0 Å². The van der Waals surface area contributed by atoms with E-state index in [4.69, 9.17) is 10.2 Å². The second kappa shape index (κ2) is 5.61. The van der Waals surface area contributed by atoms with Gasteiger partial charge in [0.05, 0.1) is 0 Å². The van der Waals surface area contributed by atoms with Crippen LogP contribution in [0.5, 0.6) is 0 Å². The quantitative estimate of drug-likeness (QED) is 0.362. The molecule has 0 aromatic heterocycles. The van der Waals surface area contributed by atoms with Crippen LogP contribution in [0.1, 0.15) is 6.42 Å². The summed E-state index contributed by atoms with van der Waals surface area (Å²) >= 11 is 0. The van der Waals surface area contributed by atoms with Gasteiger partial charge >= 0.3 is 13.8 Å². The topological polar surface area (TPSA) is 91.7 Å². The lowest BCUT2D eigenvalue weighted by molar-refractivity contribution is -0.132. The minimum absolute atomic E-state index is 0.00269. The van der Waals surface area contributed by atoms with Crippen molar-refractivity contribution in [3.05, 3.63) is 5.57 Å². The van der Waals surface area contributed by atoms with Crippen molar-refractivity contribution in [2.45, 2.75) is 6.42 Å². The maximum Gasteiger partial charge on any atom is 0.367 e. The molecule has 0 aromatic carbocycles. The van der Waals surface area contributed by atoms with Gasteiger partial charge in [0.1, 0.15) is 11.5 Å². The maximum atomic E-state index is 10.6. The highest BCUT2D eigenvalue weighted by atomic mass is 31.1. The molecule has 0 radical (unpaired) electrons. The smallest absolute Gasteiger partial charge is 0.367 e. The lowest BCUT2D eigenvalue weighted by Crippen LogP contribution is -2.02. The SMILES string of the molecule is O=C=C(CC[P+](=O)CO)C(=O)O. The highest BCUT2D eigenvalue weighted by Gasteiger charge is 2.17. The van der Waals surface area contributed by atoms with Crippen molar-refractivity contribution in [1.29, 1.82) is 0 Å². The third-order valence-corrected chi connectivity index (χ3v) is 2.19. The Balaban J connectivity index is 4.00. The molecule has 0 rings (SSSR count). The first-order valence-electron chi connectivity index (χ1n) is 3.12. The van der Waals surface area contributed by atoms with Gasteiger partial charge in [-0.2, -0.15) is 0 Å². The monoisotopic (exact) mass is 191 g/mol. The fourth-order valence-corrected chi connectivity index (χ4v) is 1.12. The predicted octanol–water partition coefficient (Wildman–Crippen LogP) is -0.00370. The molecule has 66 valence electrons. The van der Waals surface area contributed by atoms with Gasteiger partial charge in [0.15, 0.2) is 6.16 Å². The van der Waals surface area contributed by atoms with E-state index in [1.54, 1.807) is 0 Å². The van der Waals surface area contributed by atoms with Gasteiger partial charge < -0.3 is 10.2 Å². The first-order valence-corrected chi connectivity index (χ1v) is 4.75. The van der Waals surface area contributed by atoms with Crippen LogP contribution in [0.15, 0.2) is 5.57 Å². The fraction of sp³-hybridized carbons (Fsp3) is 0.500. The minimum Gasteiger partial charge on any atom is -0.477 e. The molecule has 0 aliphatic rings. The molecule has 1 atom stereocenters. The largest absolute Gasteiger partial charge is 0.477 e. The summed E-state index contributed by atoms with van der Waals surface area (Å²) in [5.41, 5.74) is -0.438. The van der Waals surface area contributed by atoms with Crippen LogP contribution >= 0.6 is 7.80 Å². The molecule has 0 aliphatic heterocycles. The molecular weight excluding hydrogens is 183 g/mol. The zero-order valence-corrected chi connectivity index (χ0v) is 7.08. The van der Waals surface area contributed by atoms with Crippen molar-refractivity contribution in [2.24, 2.45) is 0 Å². The van der Waals surface area contributed by atoms with E-state index in [1.165, 1.54) is 5.94 Å². The number of carbonyl (C=O) groups excluding carboxylic acids is 1. The van der Waals surface area contributed by atoms with Crippen molar-refractivity contribution in [2.75, 3.05) is 12.5 Å². The third kappa shape index (κ3) is 3.98. The molecule has 2 N–H and O–H groups in total. The standard InChI is InChI=1S/C6H7O5P/c7-3-5(6(9)10)1-2-12(11)4-8/h8H,1-2,4H2/p+1. The molecule has 0 spiro atoms. The maximum absolute atomic E-state index is 10.6. The van der Waals surface area contributed by atoms with Crippen molar-refractivity contribution in [3.8, 4) is 0 Å². The number of hydrogen-bond donors (Lipinski definition) is 2. The number of aliphatic carboxylic acids is 1. The number of hydrogen-bond acceptors (Lipinski definition) is 4. The molecule has 0 heterocycles. The van der Waals surface area contributed by atoms with Crippen molar-refractivity contribution >= 4 is 19.7 Å². The molecule has 1 unspecified atom stereocenters. The van der Waals surface area contributed by atoms with Crippen molar-refractivity contribution < 1.29 is 24.4 Å². The van der Waals surface area contributed by atoms with Crippen LogP contribution in [-0.2, 0) is 14.2 Å². The van der Waals surface area contributed by atoms with Crippen molar-refractivity contribution in [3.63, 3.8) is 0 Å². The summed E-state index contributed by atoms with van der Waals surface area (Å²) in [7, 11) is -1.80. The molecule has 0 saturated heterocycles. The Bertz CT molecular complexity index is 240. The molecular formula is C6H8O5P+. The summed E-state index contributed by atoms with van der Waals surface area (Å²) in [6.07, 6.45) is -0.599. The number of carboxylic acid groups (broad SMARTS) is 1. The Labute approximate surface area is 69.5 Å². The minimum atomic E-state index is -1.80. The molecule has 12 heavy (non-hydrogen) atoms. The zero-order valence-electron chi connectivity index (χ0n) is 6.19. The van der Waals surface area contributed by atoms with E-state index in [-0.39, 0.29) is 12.6 Å². The van der Waals surface area contributed by atoms with Gasteiger partial charge in [-0.05, 0) is 0 Å². The molecule has 0 amide bonds. The Kier molecular flexibility index (Phi) is 5.13. The highest BCUT2D eigenvalue weighted by molar-refractivity contribution is 7.44. The number of aliphatic hydroxyl groups excluding tert-OH is 1. The molecule has 5 nitrogen and oxygen atoms in total.